The van der Waals surface area contributed by atoms with Crippen LogP contribution in [0.1, 0.15) is 53.4 Å². The Morgan fingerprint density at radius 3 is 2.27 bits per heavy atom. The first-order chi connectivity index (χ1) is 7.00. The highest BCUT2D eigenvalue weighted by molar-refractivity contribution is 4.93. The molecule has 1 rings (SSSR count). The average Bonchev–Trinajstić information content (AvgIpc) is 2.93. The average molecular weight is 212 g/mol. The molecule has 0 amide bonds. The molecule has 2 N–H and O–H groups in total. The maximum Gasteiger partial charge on any atom is 0.0269 e. The van der Waals surface area contributed by atoms with Gasteiger partial charge in [-0.3, -0.25) is 4.90 Å². The van der Waals surface area contributed by atoms with Crippen LogP contribution in [0.25, 0.3) is 0 Å². The maximum absolute atomic E-state index is 5.96. The van der Waals surface area contributed by atoms with E-state index in [1.54, 1.807) is 0 Å². The van der Waals surface area contributed by atoms with E-state index in [9.17, 15) is 0 Å². The van der Waals surface area contributed by atoms with Gasteiger partial charge in [0.05, 0.1) is 0 Å². The molecule has 1 unspecified atom stereocenters. The molecule has 1 fully saturated rings. The largest absolute Gasteiger partial charge is 0.329 e. The standard InChI is InChI=1S/C13H28N2/c1-5-6-9-15(11-7-8-11)12(10-14)13(2,3)4/h11-12H,5-10,14H2,1-4H3. The highest BCUT2D eigenvalue weighted by Crippen LogP contribution is 2.34. The molecule has 0 radical (unpaired) electrons. The summed E-state index contributed by atoms with van der Waals surface area (Å²) in [5.41, 5.74) is 6.27. The minimum Gasteiger partial charge on any atom is -0.329 e. The summed E-state index contributed by atoms with van der Waals surface area (Å²) in [6, 6.07) is 1.39. The van der Waals surface area contributed by atoms with Gasteiger partial charge in [0.15, 0.2) is 0 Å². The van der Waals surface area contributed by atoms with Crippen molar-refractivity contribution in [3.63, 3.8) is 0 Å². The summed E-state index contributed by atoms with van der Waals surface area (Å²) >= 11 is 0. The van der Waals surface area contributed by atoms with E-state index in [4.69, 9.17) is 5.73 Å². The first-order valence-corrected chi connectivity index (χ1v) is 6.46. The first kappa shape index (κ1) is 13.0. The van der Waals surface area contributed by atoms with E-state index >= 15 is 0 Å². The minimum absolute atomic E-state index is 0.311. The Kier molecular flexibility index (Phi) is 4.60. The molecule has 15 heavy (non-hydrogen) atoms. The Bertz CT molecular complexity index is 179. The van der Waals surface area contributed by atoms with Crippen LogP contribution in [0.4, 0.5) is 0 Å². The molecule has 0 aromatic rings. The third kappa shape index (κ3) is 3.76. The lowest BCUT2D eigenvalue weighted by Gasteiger charge is -2.40. The van der Waals surface area contributed by atoms with E-state index in [0.29, 0.717) is 11.5 Å². The molecule has 0 spiro atoms. The topological polar surface area (TPSA) is 29.3 Å². The summed E-state index contributed by atoms with van der Waals surface area (Å²) in [5, 5.41) is 0. The molecule has 0 aliphatic heterocycles. The number of nitrogens with zero attached hydrogens (tertiary/aromatic N) is 1. The van der Waals surface area contributed by atoms with Gasteiger partial charge >= 0.3 is 0 Å². The van der Waals surface area contributed by atoms with E-state index in [2.05, 4.69) is 32.6 Å². The monoisotopic (exact) mass is 212 g/mol. The van der Waals surface area contributed by atoms with E-state index in [1.807, 2.05) is 0 Å². The fraction of sp³-hybridized carbons (Fsp3) is 1.00. The third-order valence-electron chi connectivity index (χ3n) is 3.41. The van der Waals surface area contributed by atoms with Crippen molar-refractivity contribution in [2.75, 3.05) is 13.1 Å². The van der Waals surface area contributed by atoms with Crippen LogP contribution >= 0.6 is 0 Å². The zero-order chi connectivity index (χ0) is 11.5. The maximum atomic E-state index is 5.96. The smallest absolute Gasteiger partial charge is 0.0269 e. The van der Waals surface area contributed by atoms with Crippen molar-refractivity contribution in [1.29, 1.82) is 0 Å². The zero-order valence-electron chi connectivity index (χ0n) is 10.9. The van der Waals surface area contributed by atoms with Gasteiger partial charge in [-0.15, -0.1) is 0 Å². The van der Waals surface area contributed by atoms with Crippen LogP contribution in [0, 0.1) is 5.41 Å². The summed E-state index contributed by atoms with van der Waals surface area (Å²) in [5.74, 6) is 0. The highest BCUT2D eigenvalue weighted by Gasteiger charge is 2.37. The van der Waals surface area contributed by atoms with E-state index in [0.717, 1.165) is 12.6 Å². The fourth-order valence-electron chi connectivity index (χ4n) is 2.33. The van der Waals surface area contributed by atoms with Gasteiger partial charge in [-0.05, 0) is 31.2 Å². The minimum atomic E-state index is 0.311. The molecule has 2 heteroatoms. The molecule has 0 aromatic heterocycles. The number of hydrogen-bond acceptors (Lipinski definition) is 2. The predicted molar refractivity (Wildman–Crippen MR) is 66.9 cm³/mol. The van der Waals surface area contributed by atoms with Crippen LogP contribution in [0.15, 0.2) is 0 Å². The summed E-state index contributed by atoms with van der Waals surface area (Å²) in [6.45, 7) is 11.2. The van der Waals surface area contributed by atoms with Crippen molar-refractivity contribution in [2.45, 2.75) is 65.5 Å². The molecule has 0 heterocycles. The van der Waals surface area contributed by atoms with Crippen molar-refractivity contribution in [3.05, 3.63) is 0 Å². The van der Waals surface area contributed by atoms with Gasteiger partial charge in [0, 0.05) is 18.6 Å². The number of rotatable bonds is 6. The molecule has 1 aliphatic rings. The van der Waals surface area contributed by atoms with Crippen molar-refractivity contribution in [3.8, 4) is 0 Å². The number of unbranched alkanes of at least 4 members (excludes halogenated alkanes) is 1. The Morgan fingerprint density at radius 1 is 1.33 bits per heavy atom. The van der Waals surface area contributed by atoms with Gasteiger partial charge in [0.25, 0.3) is 0 Å². The van der Waals surface area contributed by atoms with Crippen molar-refractivity contribution >= 4 is 0 Å². The number of nitrogens with two attached hydrogens (primary N) is 1. The molecule has 2 nitrogen and oxygen atoms in total. The van der Waals surface area contributed by atoms with Crippen LogP contribution in [-0.4, -0.2) is 30.1 Å². The van der Waals surface area contributed by atoms with E-state index < -0.39 is 0 Å². The molecule has 1 saturated carbocycles. The predicted octanol–water partition coefficient (Wildman–Crippen LogP) is 2.62. The van der Waals surface area contributed by atoms with Gasteiger partial charge < -0.3 is 5.73 Å². The molecule has 0 bridgehead atoms. The lowest BCUT2D eigenvalue weighted by molar-refractivity contribution is 0.0953. The van der Waals surface area contributed by atoms with Crippen molar-refractivity contribution in [2.24, 2.45) is 11.1 Å². The van der Waals surface area contributed by atoms with Gasteiger partial charge in [-0.1, -0.05) is 34.1 Å². The third-order valence-corrected chi connectivity index (χ3v) is 3.41. The van der Waals surface area contributed by atoms with Crippen molar-refractivity contribution in [1.82, 2.24) is 4.90 Å². The molecule has 0 saturated heterocycles. The molecular formula is C13H28N2. The summed E-state index contributed by atoms with van der Waals surface area (Å²) in [4.78, 5) is 2.67. The lowest BCUT2D eigenvalue weighted by Crippen LogP contribution is -2.50. The zero-order valence-corrected chi connectivity index (χ0v) is 10.9. The van der Waals surface area contributed by atoms with Gasteiger partial charge in [-0.2, -0.15) is 0 Å². The molecular weight excluding hydrogens is 184 g/mol. The molecule has 90 valence electrons. The van der Waals surface area contributed by atoms with Crippen LogP contribution in [0.3, 0.4) is 0 Å². The second kappa shape index (κ2) is 5.31. The summed E-state index contributed by atoms with van der Waals surface area (Å²) < 4.78 is 0. The Morgan fingerprint density at radius 2 is 1.93 bits per heavy atom. The Hall–Kier alpha value is -0.0800. The summed E-state index contributed by atoms with van der Waals surface area (Å²) in [6.07, 6.45) is 5.36. The lowest BCUT2D eigenvalue weighted by atomic mass is 9.85. The first-order valence-electron chi connectivity index (χ1n) is 6.46. The molecule has 1 atom stereocenters. The molecule has 1 aliphatic carbocycles. The second-order valence-corrected chi connectivity index (χ2v) is 5.94. The van der Waals surface area contributed by atoms with Gasteiger partial charge in [0.1, 0.15) is 0 Å². The van der Waals surface area contributed by atoms with Gasteiger partial charge in [0.2, 0.25) is 0 Å². The van der Waals surface area contributed by atoms with E-state index in [-0.39, 0.29) is 0 Å². The Balaban J connectivity index is 2.58. The Labute approximate surface area is 95.2 Å². The SMILES string of the molecule is CCCCN(C1CC1)C(CN)C(C)(C)C. The quantitative estimate of drug-likeness (QED) is 0.733. The van der Waals surface area contributed by atoms with Crippen LogP contribution in [0.5, 0.6) is 0 Å². The van der Waals surface area contributed by atoms with Crippen molar-refractivity contribution < 1.29 is 0 Å². The second-order valence-electron chi connectivity index (χ2n) is 5.94. The highest BCUT2D eigenvalue weighted by atomic mass is 15.2. The van der Waals surface area contributed by atoms with Gasteiger partial charge in [-0.25, -0.2) is 0 Å². The normalized spacial score (nSPS) is 19.6. The molecule has 0 aromatic carbocycles. The van der Waals surface area contributed by atoms with Crippen LogP contribution in [-0.2, 0) is 0 Å². The summed E-state index contributed by atoms with van der Waals surface area (Å²) in [7, 11) is 0. The number of hydrogen-bond donors (Lipinski definition) is 1. The van der Waals surface area contributed by atoms with Crippen LogP contribution in [0.2, 0.25) is 0 Å². The van der Waals surface area contributed by atoms with Crippen LogP contribution < -0.4 is 5.73 Å². The van der Waals surface area contributed by atoms with E-state index in [1.165, 1.54) is 32.2 Å². The fourth-order valence-corrected chi connectivity index (χ4v) is 2.33.